The molecule has 144 valence electrons. The minimum absolute atomic E-state index is 0.0595. The quantitative estimate of drug-likeness (QED) is 0.876. The lowest BCUT2D eigenvalue weighted by Crippen LogP contribution is -2.50. The number of aromatic hydroxyl groups is 1. The van der Waals surface area contributed by atoms with Crippen LogP contribution in [0, 0.1) is 20.8 Å². The van der Waals surface area contributed by atoms with Gasteiger partial charge in [-0.15, -0.1) is 0 Å². The molecule has 0 atom stereocenters. The fraction of sp³-hybridized carbons (Fsp3) is 0.350. The molecule has 7 heteroatoms. The molecule has 1 saturated heterocycles. The monoisotopic (exact) mass is 388 g/mol. The Morgan fingerprint density at radius 3 is 2.22 bits per heavy atom. The summed E-state index contributed by atoms with van der Waals surface area (Å²) in [5.74, 6) is -0.338. The van der Waals surface area contributed by atoms with Gasteiger partial charge in [-0.3, -0.25) is 4.79 Å². The van der Waals surface area contributed by atoms with Gasteiger partial charge in [-0.05, 0) is 56.2 Å². The molecule has 1 aliphatic rings. The van der Waals surface area contributed by atoms with Crippen LogP contribution in [0.4, 0.5) is 0 Å². The summed E-state index contributed by atoms with van der Waals surface area (Å²) in [7, 11) is -3.58. The number of piperazine rings is 1. The van der Waals surface area contributed by atoms with Crippen molar-refractivity contribution in [2.75, 3.05) is 26.2 Å². The number of carbonyl (C=O) groups excluding carboxylic acids is 1. The molecule has 2 aromatic carbocycles. The molecule has 1 aliphatic heterocycles. The molecule has 0 saturated carbocycles. The highest BCUT2D eigenvalue weighted by Crippen LogP contribution is 2.23. The van der Waals surface area contributed by atoms with Crippen molar-refractivity contribution in [3.05, 3.63) is 58.7 Å². The lowest BCUT2D eigenvalue weighted by molar-refractivity contribution is 0.0694. The van der Waals surface area contributed by atoms with E-state index in [0.29, 0.717) is 0 Å². The number of phenols is 1. The second kappa shape index (κ2) is 7.32. The SMILES string of the molecule is Cc1ccc(O)c(C(=O)N2CCN(S(=O)(=O)c3ccc(C)c(C)c3)CC2)c1. The van der Waals surface area contributed by atoms with E-state index in [1.807, 2.05) is 26.8 Å². The summed E-state index contributed by atoms with van der Waals surface area (Å²) < 4.78 is 27.2. The Bertz CT molecular complexity index is 977. The van der Waals surface area contributed by atoms with Gasteiger partial charge in [0.1, 0.15) is 5.75 Å². The predicted octanol–water partition coefficient (Wildman–Crippen LogP) is 2.46. The number of sulfonamides is 1. The fourth-order valence-corrected chi connectivity index (χ4v) is 4.65. The summed E-state index contributed by atoms with van der Waals surface area (Å²) in [5.41, 5.74) is 3.11. The van der Waals surface area contributed by atoms with E-state index in [-0.39, 0.29) is 48.3 Å². The van der Waals surface area contributed by atoms with Gasteiger partial charge in [0.05, 0.1) is 10.5 Å². The van der Waals surface area contributed by atoms with Gasteiger partial charge in [-0.2, -0.15) is 4.31 Å². The van der Waals surface area contributed by atoms with Crippen LogP contribution in [0.25, 0.3) is 0 Å². The summed E-state index contributed by atoms with van der Waals surface area (Å²) in [6, 6.07) is 10.0. The number of nitrogens with zero attached hydrogens (tertiary/aromatic N) is 2. The van der Waals surface area contributed by atoms with E-state index >= 15 is 0 Å². The second-order valence-corrected chi connectivity index (χ2v) is 8.90. The smallest absolute Gasteiger partial charge is 0.257 e. The maximum absolute atomic E-state index is 12.9. The summed E-state index contributed by atoms with van der Waals surface area (Å²) >= 11 is 0. The molecule has 0 bridgehead atoms. The number of rotatable bonds is 3. The molecule has 27 heavy (non-hydrogen) atoms. The van der Waals surface area contributed by atoms with Crippen molar-refractivity contribution in [3.63, 3.8) is 0 Å². The molecular weight excluding hydrogens is 364 g/mol. The van der Waals surface area contributed by atoms with Crippen LogP contribution in [-0.2, 0) is 10.0 Å². The van der Waals surface area contributed by atoms with Gasteiger partial charge in [-0.1, -0.05) is 17.7 Å². The standard InChI is InChI=1S/C20H24N2O4S/c1-14-4-7-19(23)18(12-14)20(24)21-8-10-22(11-9-21)27(25,26)17-6-5-15(2)16(3)13-17/h4-7,12-13,23H,8-11H2,1-3H3. The Balaban J connectivity index is 1.73. The van der Waals surface area contributed by atoms with Crippen LogP contribution in [0.5, 0.6) is 5.75 Å². The van der Waals surface area contributed by atoms with Crippen molar-refractivity contribution in [3.8, 4) is 5.75 Å². The molecule has 1 heterocycles. The van der Waals surface area contributed by atoms with Crippen molar-refractivity contribution in [1.29, 1.82) is 0 Å². The Morgan fingerprint density at radius 1 is 0.926 bits per heavy atom. The molecule has 3 rings (SSSR count). The average molecular weight is 388 g/mol. The van der Waals surface area contributed by atoms with E-state index in [4.69, 9.17) is 0 Å². The van der Waals surface area contributed by atoms with E-state index in [9.17, 15) is 18.3 Å². The molecule has 0 aromatic heterocycles. The highest BCUT2D eigenvalue weighted by atomic mass is 32.2. The molecule has 0 aliphatic carbocycles. The summed E-state index contributed by atoms with van der Waals surface area (Å²) in [5, 5.41) is 9.96. The number of amides is 1. The van der Waals surface area contributed by atoms with Gasteiger partial charge in [0.15, 0.2) is 0 Å². The van der Waals surface area contributed by atoms with Gasteiger partial charge in [0, 0.05) is 26.2 Å². The van der Waals surface area contributed by atoms with Crippen molar-refractivity contribution in [1.82, 2.24) is 9.21 Å². The van der Waals surface area contributed by atoms with Crippen LogP contribution in [0.3, 0.4) is 0 Å². The van der Waals surface area contributed by atoms with E-state index < -0.39 is 10.0 Å². The summed E-state index contributed by atoms with van der Waals surface area (Å²) in [6.07, 6.45) is 0. The number of hydrogen-bond acceptors (Lipinski definition) is 4. The Morgan fingerprint density at radius 2 is 1.59 bits per heavy atom. The lowest BCUT2D eigenvalue weighted by atomic mass is 10.1. The zero-order valence-electron chi connectivity index (χ0n) is 15.8. The number of phenolic OH excluding ortho intramolecular Hbond substituents is 1. The Labute approximate surface area is 160 Å². The third-order valence-electron chi connectivity index (χ3n) is 5.02. The fourth-order valence-electron chi connectivity index (χ4n) is 3.15. The highest BCUT2D eigenvalue weighted by molar-refractivity contribution is 7.89. The van der Waals surface area contributed by atoms with E-state index in [1.54, 1.807) is 29.2 Å². The van der Waals surface area contributed by atoms with E-state index in [2.05, 4.69) is 0 Å². The number of benzene rings is 2. The van der Waals surface area contributed by atoms with Crippen LogP contribution < -0.4 is 0 Å². The van der Waals surface area contributed by atoms with E-state index in [1.165, 1.54) is 10.4 Å². The van der Waals surface area contributed by atoms with Crippen LogP contribution in [0.1, 0.15) is 27.0 Å². The number of hydrogen-bond donors (Lipinski definition) is 1. The molecule has 1 fully saturated rings. The Kier molecular flexibility index (Phi) is 5.26. The summed E-state index contributed by atoms with van der Waals surface area (Å²) in [4.78, 5) is 14.5. The Hall–Kier alpha value is -2.38. The van der Waals surface area contributed by atoms with Crippen molar-refractivity contribution in [2.45, 2.75) is 25.7 Å². The molecule has 0 unspecified atom stereocenters. The van der Waals surface area contributed by atoms with Gasteiger partial charge in [0.25, 0.3) is 5.91 Å². The minimum atomic E-state index is -3.58. The maximum atomic E-state index is 12.9. The molecule has 1 N–H and O–H groups in total. The summed E-state index contributed by atoms with van der Waals surface area (Å²) in [6.45, 7) is 6.72. The first kappa shape index (κ1) is 19.4. The topological polar surface area (TPSA) is 77.9 Å². The van der Waals surface area contributed by atoms with Crippen LogP contribution in [0.2, 0.25) is 0 Å². The van der Waals surface area contributed by atoms with Gasteiger partial charge < -0.3 is 10.0 Å². The van der Waals surface area contributed by atoms with Gasteiger partial charge in [-0.25, -0.2) is 8.42 Å². The molecule has 0 spiro atoms. The average Bonchev–Trinajstić information content (AvgIpc) is 2.65. The molecule has 1 amide bonds. The zero-order valence-corrected chi connectivity index (χ0v) is 16.6. The first-order chi connectivity index (χ1) is 12.7. The third kappa shape index (κ3) is 3.84. The third-order valence-corrected chi connectivity index (χ3v) is 6.92. The minimum Gasteiger partial charge on any atom is -0.507 e. The maximum Gasteiger partial charge on any atom is 0.257 e. The lowest BCUT2D eigenvalue weighted by Gasteiger charge is -2.34. The van der Waals surface area contributed by atoms with Gasteiger partial charge in [0.2, 0.25) is 10.0 Å². The molecule has 6 nitrogen and oxygen atoms in total. The first-order valence-electron chi connectivity index (χ1n) is 8.86. The second-order valence-electron chi connectivity index (χ2n) is 6.96. The number of aryl methyl sites for hydroxylation is 3. The zero-order chi connectivity index (χ0) is 19.8. The van der Waals surface area contributed by atoms with Crippen molar-refractivity contribution in [2.24, 2.45) is 0 Å². The van der Waals surface area contributed by atoms with Crippen LogP contribution in [0.15, 0.2) is 41.3 Å². The first-order valence-corrected chi connectivity index (χ1v) is 10.3. The highest BCUT2D eigenvalue weighted by Gasteiger charge is 2.31. The predicted molar refractivity (Wildman–Crippen MR) is 103 cm³/mol. The van der Waals surface area contributed by atoms with Gasteiger partial charge >= 0.3 is 0 Å². The normalized spacial score (nSPS) is 15.7. The molecule has 0 radical (unpaired) electrons. The van der Waals surface area contributed by atoms with Crippen LogP contribution >= 0.6 is 0 Å². The van der Waals surface area contributed by atoms with Crippen LogP contribution in [-0.4, -0.2) is 54.8 Å². The van der Waals surface area contributed by atoms with Crippen molar-refractivity contribution >= 4 is 15.9 Å². The largest absolute Gasteiger partial charge is 0.507 e. The number of carbonyl (C=O) groups is 1. The molecule has 2 aromatic rings. The molecular formula is C20H24N2O4S. The van der Waals surface area contributed by atoms with Crippen molar-refractivity contribution < 1.29 is 18.3 Å². The van der Waals surface area contributed by atoms with E-state index in [0.717, 1.165) is 16.7 Å².